The molecule has 228 valence electrons. The largest absolute Gasteiger partial charge is 0.444 e. The first kappa shape index (κ1) is 31.2. The summed E-state index contributed by atoms with van der Waals surface area (Å²) in [6.07, 6.45) is 7.30. The quantitative estimate of drug-likeness (QED) is 0.428. The van der Waals surface area contributed by atoms with Crippen LogP contribution in [-0.2, 0) is 14.8 Å². The van der Waals surface area contributed by atoms with Crippen LogP contribution in [0.25, 0.3) is 5.57 Å². The summed E-state index contributed by atoms with van der Waals surface area (Å²) in [6.45, 7) is 11.4. The number of allylic oxidation sites excluding steroid dienone is 1. The number of ether oxygens (including phenoxy) is 1. The van der Waals surface area contributed by atoms with E-state index in [-0.39, 0.29) is 23.5 Å². The zero-order valence-corrected chi connectivity index (χ0v) is 25.4. The van der Waals surface area contributed by atoms with Gasteiger partial charge in [0, 0.05) is 56.3 Å². The molecule has 0 saturated carbocycles. The van der Waals surface area contributed by atoms with Crippen molar-refractivity contribution in [3.05, 3.63) is 54.0 Å². The summed E-state index contributed by atoms with van der Waals surface area (Å²) in [4.78, 5) is 20.7. The lowest BCUT2D eigenvalue weighted by atomic mass is 9.92. The number of sulfonamides is 1. The number of amides is 1. The molecular formula is C29H38F2N6O4S. The van der Waals surface area contributed by atoms with Crippen molar-refractivity contribution < 1.29 is 26.7 Å². The SMILES string of the molecule is CCCS(=O)(=O)Nc1ccc(F)c(N2C=C(c3cncc(N4CCN(C(=O)OC(C)(C)C)CC4)c3)C(CC)C=N2)c1F. The number of carbonyl (C=O) groups is 1. The molecule has 42 heavy (non-hydrogen) atoms. The van der Waals surface area contributed by atoms with Gasteiger partial charge >= 0.3 is 6.09 Å². The van der Waals surface area contributed by atoms with Gasteiger partial charge in [0.2, 0.25) is 10.0 Å². The first-order chi connectivity index (χ1) is 19.8. The van der Waals surface area contributed by atoms with E-state index in [2.05, 4.69) is 19.7 Å². The van der Waals surface area contributed by atoms with Crippen molar-refractivity contribution in [2.24, 2.45) is 11.0 Å². The van der Waals surface area contributed by atoms with Crippen LogP contribution in [0.15, 0.2) is 41.9 Å². The Morgan fingerprint density at radius 2 is 1.83 bits per heavy atom. The molecule has 13 heteroatoms. The van der Waals surface area contributed by atoms with Crippen LogP contribution in [0.4, 0.5) is 30.6 Å². The fraction of sp³-hybridized carbons (Fsp3) is 0.483. The van der Waals surface area contributed by atoms with Crippen molar-refractivity contribution in [1.29, 1.82) is 0 Å². The lowest BCUT2D eigenvalue weighted by Crippen LogP contribution is -2.50. The molecule has 1 aromatic carbocycles. The van der Waals surface area contributed by atoms with Gasteiger partial charge in [0.1, 0.15) is 11.3 Å². The molecule has 1 aromatic heterocycles. The molecular weight excluding hydrogens is 566 g/mol. The van der Waals surface area contributed by atoms with Crippen molar-refractivity contribution in [2.75, 3.05) is 46.6 Å². The smallest absolute Gasteiger partial charge is 0.410 e. The molecule has 1 saturated heterocycles. The second-order valence-corrected chi connectivity index (χ2v) is 13.1. The predicted molar refractivity (Wildman–Crippen MR) is 161 cm³/mol. The average molecular weight is 605 g/mol. The highest BCUT2D eigenvalue weighted by molar-refractivity contribution is 7.92. The number of nitrogens with zero attached hydrogens (tertiary/aromatic N) is 5. The lowest BCUT2D eigenvalue weighted by Gasteiger charge is -2.36. The molecule has 10 nitrogen and oxygen atoms in total. The van der Waals surface area contributed by atoms with Crippen molar-refractivity contribution in [1.82, 2.24) is 9.88 Å². The Kier molecular flexibility index (Phi) is 9.39. The highest BCUT2D eigenvalue weighted by atomic mass is 32.2. The molecule has 2 aliphatic rings. The summed E-state index contributed by atoms with van der Waals surface area (Å²) >= 11 is 0. The van der Waals surface area contributed by atoms with Crippen LogP contribution in [0.3, 0.4) is 0 Å². The van der Waals surface area contributed by atoms with Gasteiger partial charge in [0.25, 0.3) is 0 Å². The normalized spacial score (nSPS) is 17.7. The Hall–Kier alpha value is -3.74. The van der Waals surface area contributed by atoms with E-state index in [1.807, 2.05) is 33.8 Å². The van der Waals surface area contributed by atoms with Gasteiger partial charge in [0.15, 0.2) is 11.6 Å². The van der Waals surface area contributed by atoms with Crippen molar-refractivity contribution in [3.8, 4) is 0 Å². The number of pyridine rings is 1. The third-order valence-corrected chi connectivity index (χ3v) is 8.34. The third kappa shape index (κ3) is 7.36. The van der Waals surface area contributed by atoms with Crippen LogP contribution in [-0.4, -0.2) is 68.1 Å². The number of hydrogen-bond acceptors (Lipinski definition) is 8. The van der Waals surface area contributed by atoms with E-state index in [0.717, 1.165) is 34.0 Å². The molecule has 2 aliphatic heterocycles. The summed E-state index contributed by atoms with van der Waals surface area (Å²) in [5.74, 6) is -2.28. The van der Waals surface area contributed by atoms with Crippen LogP contribution < -0.4 is 14.6 Å². The van der Waals surface area contributed by atoms with Crippen molar-refractivity contribution in [2.45, 2.75) is 53.1 Å². The minimum Gasteiger partial charge on any atom is -0.444 e. The first-order valence-corrected chi connectivity index (χ1v) is 15.7. The van der Waals surface area contributed by atoms with E-state index in [1.54, 1.807) is 36.6 Å². The number of rotatable bonds is 8. The van der Waals surface area contributed by atoms with Gasteiger partial charge in [-0.2, -0.15) is 5.10 Å². The highest BCUT2D eigenvalue weighted by Gasteiger charge is 2.28. The summed E-state index contributed by atoms with van der Waals surface area (Å²) in [5.41, 5.74) is 0.958. The Balaban J connectivity index is 1.59. The van der Waals surface area contributed by atoms with Crippen LogP contribution >= 0.6 is 0 Å². The predicted octanol–water partition coefficient (Wildman–Crippen LogP) is 5.44. The standard InChI is InChI=1S/C29H38F2N6O4S/c1-6-14-42(39,40)34-25-9-8-24(30)27(26(25)31)37-19-23(20(7-2)17-33-37)21-15-22(18-32-16-21)35-10-12-36(13-11-35)28(38)41-29(3,4)5/h8-9,15-20,34H,6-7,10-14H2,1-5H3. The zero-order valence-electron chi connectivity index (χ0n) is 24.6. The number of nitrogens with one attached hydrogen (secondary N) is 1. The zero-order chi connectivity index (χ0) is 30.7. The summed E-state index contributed by atoms with van der Waals surface area (Å²) in [6, 6.07) is 4.03. The molecule has 0 radical (unpaired) electrons. The Labute approximate surface area is 246 Å². The summed E-state index contributed by atoms with van der Waals surface area (Å²) in [7, 11) is -3.79. The Bertz CT molecular complexity index is 1470. The number of hydrazone groups is 1. The fourth-order valence-corrected chi connectivity index (χ4v) is 5.91. The molecule has 0 spiro atoms. The van der Waals surface area contributed by atoms with E-state index in [1.165, 1.54) is 0 Å². The maximum atomic E-state index is 15.5. The number of piperazine rings is 1. The number of hydrogen-bond donors (Lipinski definition) is 1. The van der Waals surface area contributed by atoms with E-state index < -0.39 is 32.9 Å². The van der Waals surface area contributed by atoms with Crippen molar-refractivity contribution in [3.63, 3.8) is 0 Å². The van der Waals surface area contributed by atoms with Gasteiger partial charge in [-0.1, -0.05) is 13.8 Å². The van der Waals surface area contributed by atoms with Crippen LogP contribution in [0.1, 0.15) is 53.0 Å². The molecule has 1 amide bonds. The van der Waals surface area contributed by atoms with Crippen LogP contribution in [0.2, 0.25) is 0 Å². The highest BCUT2D eigenvalue weighted by Crippen LogP contribution is 2.36. The van der Waals surface area contributed by atoms with E-state index in [0.29, 0.717) is 39.0 Å². The third-order valence-electron chi connectivity index (χ3n) is 6.86. The molecule has 4 rings (SSSR count). The molecule has 1 unspecified atom stereocenters. The average Bonchev–Trinajstić information content (AvgIpc) is 2.94. The number of benzene rings is 1. The van der Waals surface area contributed by atoms with E-state index >= 15 is 4.39 Å². The first-order valence-electron chi connectivity index (χ1n) is 14.0. The molecule has 1 N–H and O–H groups in total. The van der Waals surface area contributed by atoms with Gasteiger partial charge in [-0.3, -0.25) is 9.71 Å². The number of aromatic nitrogens is 1. The summed E-state index contributed by atoms with van der Waals surface area (Å²) in [5, 5.41) is 5.37. The van der Waals surface area contributed by atoms with Crippen LogP contribution in [0, 0.1) is 17.6 Å². The second kappa shape index (κ2) is 12.6. The lowest BCUT2D eigenvalue weighted by molar-refractivity contribution is 0.0240. The maximum Gasteiger partial charge on any atom is 0.410 e. The number of anilines is 3. The molecule has 0 bridgehead atoms. The van der Waals surface area contributed by atoms with Gasteiger partial charge < -0.3 is 14.5 Å². The topological polar surface area (TPSA) is 107 Å². The Morgan fingerprint density at radius 1 is 1.12 bits per heavy atom. The minimum absolute atomic E-state index is 0.139. The molecule has 2 aromatic rings. The van der Waals surface area contributed by atoms with Gasteiger partial charge in [-0.15, -0.1) is 0 Å². The maximum absolute atomic E-state index is 15.5. The minimum atomic E-state index is -3.79. The fourth-order valence-electron chi connectivity index (χ4n) is 4.78. The monoisotopic (exact) mass is 604 g/mol. The van der Waals surface area contributed by atoms with Crippen molar-refractivity contribution >= 4 is 45.0 Å². The molecule has 0 aliphatic carbocycles. The second-order valence-electron chi connectivity index (χ2n) is 11.3. The summed E-state index contributed by atoms with van der Waals surface area (Å²) < 4.78 is 62.7. The van der Waals surface area contributed by atoms with Gasteiger partial charge in [-0.05, 0) is 57.4 Å². The number of halogens is 2. The molecule has 1 atom stereocenters. The Morgan fingerprint density at radius 3 is 2.48 bits per heavy atom. The molecule has 3 heterocycles. The van der Waals surface area contributed by atoms with E-state index in [4.69, 9.17) is 4.74 Å². The van der Waals surface area contributed by atoms with Gasteiger partial charge in [-0.25, -0.2) is 27.0 Å². The molecule has 1 fully saturated rings. The van der Waals surface area contributed by atoms with Gasteiger partial charge in [0.05, 0.1) is 23.3 Å². The van der Waals surface area contributed by atoms with E-state index in [9.17, 15) is 17.6 Å². The van der Waals surface area contributed by atoms with Crippen LogP contribution in [0.5, 0.6) is 0 Å². The number of carbonyl (C=O) groups excluding carboxylic acids is 1.